The molecule has 0 saturated heterocycles. The summed E-state index contributed by atoms with van der Waals surface area (Å²) in [4.78, 5) is 15.5. The van der Waals surface area contributed by atoms with E-state index in [4.69, 9.17) is 40.5 Å². The zero-order valence-corrected chi connectivity index (χ0v) is 11.1. The van der Waals surface area contributed by atoms with Crippen LogP contribution in [0.25, 0.3) is 0 Å². The van der Waals surface area contributed by atoms with E-state index in [1.807, 2.05) is 0 Å². The van der Waals surface area contributed by atoms with Gasteiger partial charge < -0.3 is 10.5 Å². The molecule has 0 heterocycles. The Morgan fingerprint density at radius 1 is 1.41 bits per heavy atom. The van der Waals surface area contributed by atoms with Crippen LogP contribution in [0.2, 0.25) is 10.0 Å². The van der Waals surface area contributed by atoms with Crippen LogP contribution in [0, 0.1) is 0 Å². The van der Waals surface area contributed by atoms with Crippen LogP contribution in [0.1, 0.15) is 10.4 Å². The van der Waals surface area contributed by atoms with Crippen molar-refractivity contribution in [2.45, 2.75) is 0 Å². The number of aliphatic imine (C=N–C) groups is 1. The van der Waals surface area contributed by atoms with Gasteiger partial charge >= 0.3 is 5.97 Å². The maximum absolute atomic E-state index is 11.5. The first-order valence-electron chi connectivity index (χ1n) is 4.46. The fourth-order valence-electron chi connectivity index (χ4n) is 1.09. The van der Waals surface area contributed by atoms with Crippen LogP contribution < -0.4 is 5.73 Å². The van der Waals surface area contributed by atoms with Crippen molar-refractivity contribution in [1.82, 2.24) is 0 Å². The summed E-state index contributed by atoms with van der Waals surface area (Å²) in [6.45, 7) is 0. The molecule has 0 aromatic heterocycles. The number of nitrogens with two attached hydrogens (primary N) is 1. The van der Waals surface area contributed by atoms with Gasteiger partial charge in [0.15, 0.2) is 0 Å². The molecule has 0 radical (unpaired) electrons. The number of carbonyl (C=O) groups is 1. The average molecular weight is 296 g/mol. The minimum absolute atomic E-state index is 0.0425. The standard InChI is InChI=1S/C10H9Cl3N2O2/c1-17-10(16)5-2-6(12)7(13)3-8(5)15-9(14)4-11/h2-3H,4H2,1H3,(H2,14,15). The summed E-state index contributed by atoms with van der Waals surface area (Å²) in [6, 6.07) is 2.80. The molecule has 0 aliphatic rings. The first-order chi connectivity index (χ1) is 7.99. The summed E-state index contributed by atoms with van der Waals surface area (Å²) >= 11 is 17.2. The van der Waals surface area contributed by atoms with E-state index in [-0.39, 0.29) is 33.0 Å². The largest absolute Gasteiger partial charge is 0.465 e. The molecular formula is C10H9Cl3N2O2. The predicted molar refractivity (Wildman–Crippen MR) is 69.8 cm³/mol. The zero-order chi connectivity index (χ0) is 13.0. The SMILES string of the molecule is COC(=O)c1cc(Cl)c(Cl)cc1N=C(N)CCl. The Balaban J connectivity index is 3.36. The topological polar surface area (TPSA) is 64.7 Å². The lowest BCUT2D eigenvalue weighted by atomic mass is 10.2. The number of carbonyl (C=O) groups excluding carboxylic acids is 1. The minimum Gasteiger partial charge on any atom is -0.465 e. The molecule has 92 valence electrons. The van der Waals surface area contributed by atoms with Gasteiger partial charge in [-0.05, 0) is 12.1 Å². The summed E-state index contributed by atoms with van der Waals surface area (Å²) in [5.74, 6) is -0.374. The number of ether oxygens (including phenoxy) is 1. The van der Waals surface area contributed by atoms with Crippen LogP contribution in [0.15, 0.2) is 17.1 Å². The normalized spacial score (nSPS) is 11.4. The van der Waals surface area contributed by atoms with Gasteiger partial charge in [0.2, 0.25) is 0 Å². The van der Waals surface area contributed by atoms with Gasteiger partial charge in [0.1, 0.15) is 5.84 Å². The number of benzene rings is 1. The monoisotopic (exact) mass is 294 g/mol. The van der Waals surface area contributed by atoms with E-state index in [1.165, 1.54) is 19.2 Å². The Morgan fingerprint density at radius 3 is 2.53 bits per heavy atom. The lowest BCUT2D eigenvalue weighted by molar-refractivity contribution is 0.0602. The predicted octanol–water partition coefficient (Wildman–Crippen LogP) is 3.01. The number of nitrogens with zero attached hydrogens (tertiary/aromatic N) is 1. The van der Waals surface area contributed by atoms with Gasteiger partial charge in [0.25, 0.3) is 0 Å². The fourth-order valence-corrected chi connectivity index (χ4v) is 1.47. The smallest absolute Gasteiger partial charge is 0.340 e. The van der Waals surface area contributed by atoms with Crippen LogP contribution in [-0.2, 0) is 4.74 Å². The highest BCUT2D eigenvalue weighted by Gasteiger charge is 2.15. The molecule has 7 heteroatoms. The molecule has 0 spiro atoms. The maximum atomic E-state index is 11.5. The molecule has 0 fully saturated rings. The van der Waals surface area contributed by atoms with E-state index < -0.39 is 5.97 Å². The second-order valence-electron chi connectivity index (χ2n) is 3.01. The summed E-state index contributed by atoms with van der Waals surface area (Å²) in [5, 5.41) is 0.496. The van der Waals surface area contributed by atoms with Gasteiger partial charge in [-0.3, -0.25) is 0 Å². The van der Waals surface area contributed by atoms with Crippen molar-refractivity contribution in [3.8, 4) is 0 Å². The van der Waals surface area contributed by atoms with Crippen molar-refractivity contribution in [3.63, 3.8) is 0 Å². The van der Waals surface area contributed by atoms with Gasteiger partial charge in [-0.25, -0.2) is 9.79 Å². The lowest BCUT2D eigenvalue weighted by Crippen LogP contribution is -2.13. The fraction of sp³-hybridized carbons (Fsp3) is 0.200. The van der Waals surface area contributed by atoms with Crippen molar-refractivity contribution >= 4 is 52.3 Å². The Hall–Kier alpha value is -0.970. The molecule has 0 aliphatic carbocycles. The average Bonchev–Trinajstić information content (AvgIpc) is 2.32. The number of rotatable bonds is 3. The molecule has 0 aliphatic heterocycles. The number of hydrogen-bond acceptors (Lipinski definition) is 3. The second-order valence-corrected chi connectivity index (χ2v) is 4.09. The Morgan fingerprint density at radius 2 is 2.00 bits per heavy atom. The molecule has 1 aromatic rings. The number of methoxy groups -OCH3 is 1. The first-order valence-corrected chi connectivity index (χ1v) is 5.75. The molecule has 0 atom stereocenters. The highest BCUT2D eigenvalue weighted by molar-refractivity contribution is 6.42. The zero-order valence-electron chi connectivity index (χ0n) is 8.84. The molecule has 0 unspecified atom stereocenters. The van der Waals surface area contributed by atoms with Gasteiger partial charge in [0, 0.05) is 0 Å². The van der Waals surface area contributed by atoms with Gasteiger partial charge in [-0.15, -0.1) is 11.6 Å². The third-order valence-electron chi connectivity index (χ3n) is 1.84. The van der Waals surface area contributed by atoms with Crippen molar-refractivity contribution in [3.05, 3.63) is 27.7 Å². The molecule has 2 N–H and O–H groups in total. The third-order valence-corrected chi connectivity index (χ3v) is 2.84. The molecule has 0 saturated carbocycles. The van der Waals surface area contributed by atoms with E-state index in [1.54, 1.807) is 0 Å². The van der Waals surface area contributed by atoms with Crippen molar-refractivity contribution in [2.24, 2.45) is 10.7 Å². The summed E-state index contributed by atoms with van der Waals surface area (Å²) in [6.07, 6.45) is 0. The molecular weight excluding hydrogens is 286 g/mol. The van der Waals surface area contributed by atoms with Crippen molar-refractivity contribution in [1.29, 1.82) is 0 Å². The summed E-state index contributed by atoms with van der Waals surface area (Å²) < 4.78 is 4.60. The van der Waals surface area contributed by atoms with E-state index >= 15 is 0 Å². The van der Waals surface area contributed by atoms with E-state index in [0.29, 0.717) is 0 Å². The summed E-state index contributed by atoms with van der Waals surface area (Å²) in [5.41, 5.74) is 5.94. The Labute approximate surface area is 113 Å². The van der Waals surface area contributed by atoms with Gasteiger partial charge in [-0.2, -0.15) is 0 Å². The van der Waals surface area contributed by atoms with Crippen LogP contribution in [-0.4, -0.2) is 24.8 Å². The molecule has 17 heavy (non-hydrogen) atoms. The molecule has 4 nitrogen and oxygen atoms in total. The lowest BCUT2D eigenvalue weighted by Gasteiger charge is -2.06. The van der Waals surface area contributed by atoms with Crippen molar-refractivity contribution < 1.29 is 9.53 Å². The molecule has 1 aromatic carbocycles. The first kappa shape index (κ1) is 14.1. The van der Waals surface area contributed by atoms with E-state index in [0.717, 1.165) is 0 Å². The Kier molecular flexibility index (Phi) is 5.05. The van der Waals surface area contributed by atoms with Gasteiger partial charge in [0.05, 0.1) is 34.3 Å². The highest BCUT2D eigenvalue weighted by atomic mass is 35.5. The molecule has 0 amide bonds. The summed E-state index contributed by atoms with van der Waals surface area (Å²) in [7, 11) is 1.25. The van der Waals surface area contributed by atoms with Crippen LogP contribution in [0.3, 0.4) is 0 Å². The second kappa shape index (κ2) is 6.10. The maximum Gasteiger partial charge on any atom is 0.340 e. The van der Waals surface area contributed by atoms with Gasteiger partial charge in [-0.1, -0.05) is 23.2 Å². The third kappa shape index (κ3) is 3.49. The quantitative estimate of drug-likeness (QED) is 0.403. The van der Waals surface area contributed by atoms with Crippen LogP contribution >= 0.6 is 34.8 Å². The van der Waals surface area contributed by atoms with E-state index in [2.05, 4.69) is 9.73 Å². The molecule has 1 rings (SSSR count). The number of esters is 1. The van der Waals surface area contributed by atoms with Crippen LogP contribution in [0.5, 0.6) is 0 Å². The number of alkyl halides is 1. The molecule has 0 bridgehead atoms. The number of amidine groups is 1. The van der Waals surface area contributed by atoms with Crippen molar-refractivity contribution in [2.75, 3.05) is 13.0 Å². The Bertz CT molecular complexity index is 475. The number of halogens is 3. The minimum atomic E-state index is -0.579. The van der Waals surface area contributed by atoms with E-state index in [9.17, 15) is 4.79 Å². The highest BCUT2D eigenvalue weighted by Crippen LogP contribution is 2.31. The number of hydrogen-bond donors (Lipinski definition) is 1. The van der Waals surface area contributed by atoms with Crippen LogP contribution in [0.4, 0.5) is 5.69 Å².